The van der Waals surface area contributed by atoms with Gasteiger partial charge in [-0.25, -0.2) is 13.1 Å². The molecule has 0 radical (unpaired) electrons. The summed E-state index contributed by atoms with van der Waals surface area (Å²) in [5.41, 5.74) is 1.79. The third-order valence-corrected chi connectivity index (χ3v) is 5.21. The van der Waals surface area contributed by atoms with E-state index in [-0.39, 0.29) is 17.2 Å². The number of non-ortho nitro benzene ring substituents is 1. The van der Waals surface area contributed by atoms with Gasteiger partial charge >= 0.3 is 0 Å². The molecule has 2 aromatic rings. The molecule has 1 N–H and O–H groups in total. The molecule has 2 aromatic carbocycles. The van der Waals surface area contributed by atoms with Gasteiger partial charge in [0.2, 0.25) is 10.0 Å². The first-order valence-electron chi connectivity index (χ1n) is 7.66. The van der Waals surface area contributed by atoms with Crippen molar-refractivity contribution in [2.75, 3.05) is 6.61 Å². The second-order valence-corrected chi connectivity index (χ2v) is 7.52. The number of para-hydroxylation sites is 1. The van der Waals surface area contributed by atoms with E-state index in [1.807, 2.05) is 32.0 Å². The number of nitro groups is 1. The summed E-state index contributed by atoms with van der Waals surface area (Å²) in [4.78, 5) is 10.0. The summed E-state index contributed by atoms with van der Waals surface area (Å²) >= 11 is 0. The Hall–Kier alpha value is -2.45. The molecule has 0 aliphatic carbocycles. The number of hydrogen-bond acceptors (Lipinski definition) is 5. The molecule has 134 valence electrons. The lowest BCUT2D eigenvalue weighted by atomic mass is 10.1. The largest absolute Gasteiger partial charge is 0.491 e. The number of nitrogens with zero attached hydrogens (tertiary/aromatic N) is 1. The van der Waals surface area contributed by atoms with Crippen LogP contribution < -0.4 is 9.46 Å². The van der Waals surface area contributed by atoms with Gasteiger partial charge in [0.1, 0.15) is 12.4 Å². The summed E-state index contributed by atoms with van der Waals surface area (Å²) in [6.45, 7) is 5.70. The summed E-state index contributed by atoms with van der Waals surface area (Å²) in [5.74, 6) is 0.740. The Morgan fingerprint density at radius 3 is 2.20 bits per heavy atom. The molecule has 0 saturated carbocycles. The third-order valence-electron chi connectivity index (χ3n) is 3.60. The maximum atomic E-state index is 12.3. The number of rotatable bonds is 7. The van der Waals surface area contributed by atoms with E-state index in [2.05, 4.69) is 4.72 Å². The van der Waals surface area contributed by atoms with E-state index in [9.17, 15) is 18.5 Å². The Labute approximate surface area is 146 Å². The molecule has 8 heteroatoms. The summed E-state index contributed by atoms with van der Waals surface area (Å²) in [6.07, 6.45) is 0. The fourth-order valence-electron chi connectivity index (χ4n) is 2.35. The number of ether oxygens (including phenoxy) is 1. The van der Waals surface area contributed by atoms with Crippen LogP contribution in [0.25, 0.3) is 0 Å². The first kappa shape index (κ1) is 18.9. The summed E-state index contributed by atoms with van der Waals surface area (Å²) in [5, 5.41) is 10.6. The average Bonchev–Trinajstić information content (AvgIpc) is 2.54. The maximum Gasteiger partial charge on any atom is 0.269 e. The minimum atomic E-state index is -3.78. The van der Waals surface area contributed by atoms with Crippen molar-refractivity contribution in [1.29, 1.82) is 0 Å². The number of nitro benzene ring substituents is 1. The lowest BCUT2D eigenvalue weighted by molar-refractivity contribution is -0.384. The predicted octanol–water partition coefficient (Wildman–Crippen LogP) is 2.96. The minimum absolute atomic E-state index is 0.0305. The average molecular weight is 364 g/mol. The Morgan fingerprint density at radius 1 is 1.12 bits per heavy atom. The van der Waals surface area contributed by atoms with Crippen molar-refractivity contribution in [2.24, 2.45) is 0 Å². The van der Waals surface area contributed by atoms with Crippen molar-refractivity contribution in [3.05, 3.63) is 63.7 Å². The fourth-order valence-corrected chi connectivity index (χ4v) is 3.58. The molecule has 2 rings (SSSR count). The van der Waals surface area contributed by atoms with Crippen LogP contribution in [0.1, 0.15) is 18.1 Å². The normalized spacial score (nSPS) is 12.6. The smallest absolute Gasteiger partial charge is 0.269 e. The highest BCUT2D eigenvalue weighted by molar-refractivity contribution is 7.89. The van der Waals surface area contributed by atoms with Crippen LogP contribution in [0.4, 0.5) is 5.69 Å². The molecular weight excluding hydrogens is 344 g/mol. The van der Waals surface area contributed by atoms with Crippen molar-refractivity contribution in [3.8, 4) is 5.75 Å². The Kier molecular flexibility index (Phi) is 5.76. The zero-order valence-electron chi connectivity index (χ0n) is 14.2. The quantitative estimate of drug-likeness (QED) is 0.601. The maximum absolute atomic E-state index is 12.3. The van der Waals surface area contributed by atoms with E-state index < -0.39 is 21.0 Å². The van der Waals surface area contributed by atoms with Gasteiger partial charge in [0.05, 0.1) is 15.9 Å². The SMILES string of the molecule is Cc1cccc(C)c1OCC(C)NS(=O)(=O)c1ccc([N+](=O)[O-])cc1. The highest BCUT2D eigenvalue weighted by Crippen LogP contribution is 2.22. The van der Waals surface area contributed by atoms with Crippen molar-refractivity contribution < 1.29 is 18.1 Å². The molecule has 7 nitrogen and oxygen atoms in total. The van der Waals surface area contributed by atoms with Gasteiger partial charge < -0.3 is 4.74 Å². The monoisotopic (exact) mass is 364 g/mol. The van der Waals surface area contributed by atoms with E-state index >= 15 is 0 Å². The van der Waals surface area contributed by atoms with E-state index in [1.165, 1.54) is 12.1 Å². The summed E-state index contributed by atoms with van der Waals surface area (Å²) in [7, 11) is -3.78. The van der Waals surface area contributed by atoms with Gasteiger partial charge in [-0.2, -0.15) is 0 Å². The molecule has 0 aromatic heterocycles. The van der Waals surface area contributed by atoms with E-state index in [0.29, 0.717) is 0 Å². The van der Waals surface area contributed by atoms with Crippen LogP contribution in [-0.4, -0.2) is 26.0 Å². The molecule has 0 aliphatic rings. The van der Waals surface area contributed by atoms with Gasteiger partial charge in [-0.1, -0.05) is 18.2 Å². The molecule has 0 amide bonds. The molecule has 0 saturated heterocycles. The van der Waals surface area contributed by atoms with Crippen LogP contribution in [0.2, 0.25) is 0 Å². The molecule has 1 atom stereocenters. The second kappa shape index (κ2) is 7.62. The standard InChI is InChI=1S/C17H20N2O5S/c1-12-5-4-6-13(2)17(12)24-11-14(3)18-25(22,23)16-9-7-15(8-10-16)19(20)21/h4-10,14,18H,11H2,1-3H3. The first-order valence-corrected chi connectivity index (χ1v) is 9.15. The molecule has 1 unspecified atom stereocenters. The highest BCUT2D eigenvalue weighted by atomic mass is 32.2. The van der Waals surface area contributed by atoms with E-state index in [4.69, 9.17) is 4.74 Å². The Balaban J connectivity index is 2.03. The van der Waals surface area contributed by atoms with Gasteiger partial charge in [-0.15, -0.1) is 0 Å². The van der Waals surface area contributed by atoms with Crippen molar-refractivity contribution in [3.63, 3.8) is 0 Å². The van der Waals surface area contributed by atoms with Crippen LogP contribution in [-0.2, 0) is 10.0 Å². The van der Waals surface area contributed by atoms with Crippen LogP contribution in [0.3, 0.4) is 0 Å². The van der Waals surface area contributed by atoms with Crippen molar-refractivity contribution >= 4 is 15.7 Å². The topological polar surface area (TPSA) is 98.5 Å². The number of aryl methyl sites for hydroxylation is 2. The predicted molar refractivity (Wildman–Crippen MR) is 94.3 cm³/mol. The Morgan fingerprint density at radius 2 is 1.68 bits per heavy atom. The van der Waals surface area contributed by atoms with Gasteiger partial charge in [0.15, 0.2) is 0 Å². The molecule has 0 aliphatic heterocycles. The zero-order chi connectivity index (χ0) is 18.6. The lowest BCUT2D eigenvalue weighted by Gasteiger charge is -2.17. The van der Waals surface area contributed by atoms with Crippen LogP contribution in [0.15, 0.2) is 47.4 Å². The van der Waals surface area contributed by atoms with E-state index in [1.54, 1.807) is 6.92 Å². The summed E-state index contributed by atoms with van der Waals surface area (Å²) in [6, 6.07) is 10.0. The van der Waals surface area contributed by atoms with E-state index in [0.717, 1.165) is 29.0 Å². The van der Waals surface area contributed by atoms with Crippen LogP contribution >= 0.6 is 0 Å². The van der Waals surface area contributed by atoms with Crippen molar-refractivity contribution in [2.45, 2.75) is 31.7 Å². The number of hydrogen-bond donors (Lipinski definition) is 1. The van der Waals surface area contributed by atoms with Crippen LogP contribution in [0, 0.1) is 24.0 Å². The van der Waals surface area contributed by atoms with Gasteiger partial charge in [0, 0.05) is 12.1 Å². The fraction of sp³-hybridized carbons (Fsp3) is 0.294. The third kappa shape index (κ3) is 4.77. The molecule has 25 heavy (non-hydrogen) atoms. The zero-order valence-corrected chi connectivity index (χ0v) is 15.0. The van der Waals surface area contributed by atoms with Gasteiger partial charge in [-0.3, -0.25) is 10.1 Å². The first-order chi connectivity index (χ1) is 11.7. The highest BCUT2D eigenvalue weighted by Gasteiger charge is 2.19. The number of sulfonamides is 1. The molecule has 0 spiro atoms. The summed E-state index contributed by atoms with van der Waals surface area (Å²) < 4.78 is 32.9. The number of nitrogens with one attached hydrogen (secondary N) is 1. The minimum Gasteiger partial charge on any atom is -0.491 e. The van der Waals surface area contributed by atoms with Gasteiger partial charge in [-0.05, 0) is 44.0 Å². The molecule has 0 bridgehead atoms. The lowest BCUT2D eigenvalue weighted by Crippen LogP contribution is -2.36. The van der Waals surface area contributed by atoms with Crippen molar-refractivity contribution in [1.82, 2.24) is 4.72 Å². The van der Waals surface area contributed by atoms with Gasteiger partial charge in [0.25, 0.3) is 5.69 Å². The molecule has 0 heterocycles. The second-order valence-electron chi connectivity index (χ2n) is 5.81. The Bertz CT molecular complexity index is 843. The van der Waals surface area contributed by atoms with Crippen LogP contribution in [0.5, 0.6) is 5.75 Å². The molecular formula is C17H20N2O5S. The molecule has 0 fully saturated rings. The number of benzene rings is 2.